The van der Waals surface area contributed by atoms with Gasteiger partial charge in [0.15, 0.2) is 5.44 Å². The fourth-order valence-electron chi connectivity index (χ4n) is 4.18. The first-order valence-electron chi connectivity index (χ1n) is 9.89. The highest BCUT2D eigenvalue weighted by Gasteiger charge is 2.62. The first-order valence-corrected chi connectivity index (χ1v) is 12.5. The Hall–Kier alpha value is -2.14. The third-order valence-electron chi connectivity index (χ3n) is 6.06. The lowest BCUT2D eigenvalue weighted by Gasteiger charge is -2.29. The standard InChI is InChI=1S/C21H17Cl2F3N2O4S/c1-10-4-11(2-3-15(10)18(29)27-17-9-33(30)19(17)31-33)16-8-20(32-28-16,21(24,25)26)12-5-13(22)7-14(23)6-12/h2-7,17,19,33H,8-9H2,1H3,(H,27,29)/t17-,19-,20?/m0/s1. The molecule has 2 saturated heterocycles. The first-order chi connectivity index (χ1) is 15.4. The summed E-state index contributed by atoms with van der Waals surface area (Å²) in [5.41, 5.74) is -2.01. The van der Waals surface area contributed by atoms with E-state index in [0.717, 1.165) is 12.1 Å². The molecule has 33 heavy (non-hydrogen) atoms. The number of alkyl halides is 3. The minimum atomic E-state index is -4.80. The Morgan fingerprint density at radius 1 is 1.21 bits per heavy atom. The number of nitrogens with zero attached hydrogens (tertiary/aromatic N) is 1. The van der Waals surface area contributed by atoms with E-state index < -0.39 is 28.4 Å². The van der Waals surface area contributed by atoms with Gasteiger partial charge in [0.1, 0.15) is 0 Å². The molecule has 3 atom stereocenters. The van der Waals surface area contributed by atoms with E-state index in [4.69, 9.17) is 32.2 Å². The third kappa shape index (κ3) is 3.73. The Morgan fingerprint density at radius 2 is 1.91 bits per heavy atom. The molecular formula is C21H17Cl2F3N2O4S. The van der Waals surface area contributed by atoms with Crippen LogP contribution in [-0.2, 0) is 24.8 Å². The number of fused-ring (bicyclic) bond motifs is 1. The molecule has 0 aromatic heterocycles. The second-order valence-electron chi connectivity index (χ2n) is 8.30. The molecule has 1 amide bonds. The van der Waals surface area contributed by atoms with Crippen molar-refractivity contribution in [1.29, 1.82) is 0 Å². The Bertz CT molecular complexity index is 1250. The van der Waals surface area contributed by atoms with Crippen molar-refractivity contribution in [2.45, 2.75) is 36.6 Å². The zero-order chi connectivity index (χ0) is 23.8. The van der Waals surface area contributed by atoms with Crippen molar-refractivity contribution in [2.24, 2.45) is 5.16 Å². The highest BCUT2D eigenvalue weighted by Crippen LogP contribution is 2.50. The van der Waals surface area contributed by atoms with Crippen LogP contribution < -0.4 is 5.32 Å². The molecule has 176 valence electrons. The predicted octanol–water partition coefficient (Wildman–Crippen LogP) is 4.28. The SMILES string of the molecule is Cc1cc(C2=NOC(c3cc(Cl)cc(Cl)c3)(C(F)(F)F)C2)ccc1C(=O)N[C@H]1C[SH]2(=O)O[C@H]12. The number of hydrogen-bond acceptors (Lipinski definition) is 5. The lowest BCUT2D eigenvalue weighted by Crippen LogP contribution is -2.50. The Balaban J connectivity index is 1.38. The van der Waals surface area contributed by atoms with Crippen LogP contribution in [0.3, 0.4) is 0 Å². The molecule has 2 aromatic carbocycles. The largest absolute Gasteiger partial charge is 0.435 e. The van der Waals surface area contributed by atoms with Crippen molar-refractivity contribution in [1.82, 2.24) is 5.32 Å². The number of carbonyl (C=O) groups is 1. The summed E-state index contributed by atoms with van der Waals surface area (Å²) in [5.74, 6) is -0.0459. The van der Waals surface area contributed by atoms with Crippen molar-refractivity contribution in [2.75, 3.05) is 5.75 Å². The molecule has 1 N–H and O–H groups in total. The van der Waals surface area contributed by atoms with Crippen molar-refractivity contribution >= 4 is 45.0 Å². The molecule has 0 saturated carbocycles. The number of carbonyl (C=O) groups excluding carboxylic acids is 1. The fourth-order valence-corrected chi connectivity index (χ4v) is 6.94. The maximum atomic E-state index is 14.2. The number of hydrogen-bond donors (Lipinski definition) is 2. The van der Waals surface area contributed by atoms with Crippen LogP contribution >= 0.6 is 23.2 Å². The third-order valence-corrected chi connectivity index (χ3v) is 9.02. The van der Waals surface area contributed by atoms with Gasteiger partial charge in [0.05, 0.1) is 17.5 Å². The number of amides is 1. The van der Waals surface area contributed by atoms with E-state index in [2.05, 4.69) is 10.5 Å². The van der Waals surface area contributed by atoms with Gasteiger partial charge in [-0.3, -0.25) is 8.98 Å². The van der Waals surface area contributed by atoms with E-state index in [9.17, 15) is 22.2 Å². The number of rotatable bonds is 4. The molecular weight excluding hydrogens is 504 g/mol. The highest BCUT2D eigenvalue weighted by molar-refractivity contribution is 8.05. The van der Waals surface area contributed by atoms with Crippen LogP contribution in [0, 0.1) is 6.92 Å². The smallest absolute Gasteiger partial charge is 0.374 e. The number of thiol groups is 1. The molecule has 0 aliphatic carbocycles. The minimum absolute atomic E-state index is 0.0452. The van der Waals surface area contributed by atoms with Crippen molar-refractivity contribution in [3.05, 3.63) is 68.7 Å². The summed E-state index contributed by atoms with van der Waals surface area (Å²) in [4.78, 5) is 17.6. The second kappa shape index (κ2) is 7.43. The molecule has 3 aliphatic heterocycles. The molecule has 2 aromatic rings. The van der Waals surface area contributed by atoms with Crippen LogP contribution in [0.15, 0.2) is 41.6 Å². The number of halogens is 5. The van der Waals surface area contributed by atoms with E-state index in [1.807, 2.05) is 0 Å². The summed E-state index contributed by atoms with van der Waals surface area (Å²) >= 11 is 11.9. The quantitative estimate of drug-likeness (QED) is 0.465. The zero-order valence-electron chi connectivity index (χ0n) is 17.0. The van der Waals surface area contributed by atoms with Gasteiger partial charge in [-0.2, -0.15) is 23.4 Å². The number of aryl methyl sites for hydroxylation is 1. The van der Waals surface area contributed by atoms with Crippen LogP contribution in [0.25, 0.3) is 0 Å². The number of oxime groups is 1. The molecule has 1 unspecified atom stereocenters. The fraction of sp³-hybridized carbons (Fsp3) is 0.333. The second-order valence-corrected chi connectivity index (χ2v) is 11.7. The van der Waals surface area contributed by atoms with E-state index in [1.54, 1.807) is 13.0 Å². The molecule has 0 spiro atoms. The summed E-state index contributed by atoms with van der Waals surface area (Å²) in [5, 5.41) is 6.60. The van der Waals surface area contributed by atoms with E-state index in [0.29, 0.717) is 22.4 Å². The van der Waals surface area contributed by atoms with Gasteiger partial charge in [0, 0.05) is 27.6 Å². The average molecular weight is 521 g/mol. The van der Waals surface area contributed by atoms with Gasteiger partial charge in [-0.1, -0.05) is 34.4 Å². The summed E-state index contributed by atoms with van der Waals surface area (Å²) in [6.07, 6.45) is -5.39. The summed E-state index contributed by atoms with van der Waals surface area (Å²) in [7, 11) is -2.45. The van der Waals surface area contributed by atoms with E-state index in [1.165, 1.54) is 18.2 Å². The van der Waals surface area contributed by atoms with Crippen LogP contribution in [0.5, 0.6) is 0 Å². The van der Waals surface area contributed by atoms with E-state index in [-0.39, 0.29) is 38.7 Å². The van der Waals surface area contributed by atoms with Crippen molar-refractivity contribution in [3.8, 4) is 0 Å². The average Bonchev–Trinajstić information content (AvgIpc) is 3.07. The van der Waals surface area contributed by atoms with Crippen molar-refractivity contribution in [3.63, 3.8) is 0 Å². The maximum absolute atomic E-state index is 14.2. The normalized spacial score (nSPS) is 28.1. The number of benzene rings is 2. The lowest BCUT2D eigenvalue weighted by molar-refractivity contribution is -0.275. The Labute approximate surface area is 197 Å². The Morgan fingerprint density at radius 3 is 2.45 bits per heavy atom. The predicted molar refractivity (Wildman–Crippen MR) is 118 cm³/mol. The van der Waals surface area contributed by atoms with Gasteiger partial charge in [-0.05, 0) is 48.4 Å². The summed E-state index contributed by atoms with van der Waals surface area (Å²) in [6.45, 7) is 1.67. The van der Waals surface area contributed by atoms with Gasteiger partial charge in [0.25, 0.3) is 11.5 Å². The van der Waals surface area contributed by atoms with Gasteiger partial charge < -0.3 is 10.2 Å². The van der Waals surface area contributed by atoms with Gasteiger partial charge in [0.2, 0.25) is 0 Å². The molecule has 2 fully saturated rings. The molecule has 0 radical (unpaired) electrons. The molecule has 12 heteroatoms. The lowest BCUT2D eigenvalue weighted by atomic mass is 9.86. The topological polar surface area (TPSA) is 80.3 Å². The maximum Gasteiger partial charge on any atom is 0.435 e. The highest BCUT2D eigenvalue weighted by atomic mass is 35.5. The monoisotopic (exact) mass is 520 g/mol. The molecule has 3 heterocycles. The van der Waals surface area contributed by atoms with Crippen LogP contribution in [0.1, 0.15) is 33.5 Å². The molecule has 3 aliphatic rings. The van der Waals surface area contributed by atoms with Gasteiger partial charge in [-0.15, -0.1) is 0 Å². The van der Waals surface area contributed by atoms with Crippen LogP contribution in [0.2, 0.25) is 10.0 Å². The summed E-state index contributed by atoms with van der Waals surface area (Å²) < 4.78 is 59.3. The minimum Gasteiger partial charge on any atom is -0.374 e. The van der Waals surface area contributed by atoms with Gasteiger partial charge in [-0.25, -0.2) is 4.21 Å². The molecule has 6 nitrogen and oxygen atoms in total. The van der Waals surface area contributed by atoms with Gasteiger partial charge >= 0.3 is 6.18 Å². The summed E-state index contributed by atoms with van der Waals surface area (Å²) in [6, 6.07) is 7.96. The molecule has 5 rings (SSSR count). The number of nitrogens with one attached hydrogen (secondary N) is 1. The zero-order valence-corrected chi connectivity index (χ0v) is 19.4. The Kier molecular flexibility index (Phi) is 5.10. The molecule has 0 bridgehead atoms. The van der Waals surface area contributed by atoms with Crippen molar-refractivity contribution < 1.29 is 31.2 Å². The van der Waals surface area contributed by atoms with E-state index >= 15 is 0 Å². The van der Waals surface area contributed by atoms with Crippen LogP contribution in [0.4, 0.5) is 13.2 Å². The first kappa shape index (κ1) is 22.6. The van der Waals surface area contributed by atoms with Crippen LogP contribution in [-0.4, -0.2) is 39.2 Å².